The molecule has 0 aromatic carbocycles. The van der Waals surface area contributed by atoms with E-state index in [2.05, 4.69) is 29.8 Å². The second-order valence-corrected chi connectivity index (χ2v) is 5.68. The van der Waals surface area contributed by atoms with Crippen molar-refractivity contribution < 1.29 is 0 Å². The van der Waals surface area contributed by atoms with E-state index in [0.29, 0.717) is 12.0 Å². The number of hydrogen-bond donors (Lipinski definition) is 1. The summed E-state index contributed by atoms with van der Waals surface area (Å²) in [5.74, 6) is 0.665. The van der Waals surface area contributed by atoms with Crippen LogP contribution in [0.15, 0.2) is 18.3 Å². The summed E-state index contributed by atoms with van der Waals surface area (Å²) in [5.41, 5.74) is 8.47. The van der Waals surface area contributed by atoms with E-state index in [4.69, 9.17) is 5.73 Å². The van der Waals surface area contributed by atoms with Gasteiger partial charge in [-0.25, -0.2) is 0 Å². The van der Waals surface area contributed by atoms with Crippen LogP contribution in [-0.2, 0) is 6.54 Å². The molecule has 2 atom stereocenters. The molecule has 1 aliphatic rings. The van der Waals surface area contributed by atoms with Crippen LogP contribution < -0.4 is 5.73 Å². The molecule has 3 nitrogen and oxygen atoms in total. The van der Waals surface area contributed by atoms with Crippen LogP contribution in [-0.4, -0.2) is 29.0 Å². The molecule has 0 bridgehead atoms. The first kappa shape index (κ1) is 14.5. The summed E-state index contributed by atoms with van der Waals surface area (Å²) in [6.45, 7) is 7.27. The lowest BCUT2D eigenvalue weighted by Crippen LogP contribution is -2.44. The van der Waals surface area contributed by atoms with E-state index < -0.39 is 0 Å². The van der Waals surface area contributed by atoms with Gasteiger partial charge in [0.2, 0.25) is 0 Å². The van der Waals surface area contributed by atoms with E-state index in [9.17, 15) is 0 Å². The Balaban J connectivity index is 2.08. The van der Waals surface area contributed by atoms with Gasteiger partial charge in [0.1, 0.15) is 0 Å². The zero-order valence-corrected chi connectivity index (χ0v) is 12.3. The molecule has 19 heavy (non-hydrogen) atoms. The summed E-state index contributed by atoms with van der Waals surface area (Å²) < 4.78 is 0. The zero-order chi connectivity index (χ0) is 13.7. The van der Waals surface area contributed by atoms with Crippen molar-refractivity contribution in [3.05, 3.63) is 29.6 Å². The molecule has 2 N–H and O–H groups in total. The standard InChI is InChI=1S/C16H27N3/c1-3-19(12-15-13(2)7-6-10-18-15)16-9-5-4-8-14(16)11-17/h6-7,10,14,16H,3-5,8-9,11-12,17H2,1-2H3. The Morgan fingerprint density at radius 2 is 2.16 bits per heavy atom. The predicted molar refractivity (Wildman–Crippen MR) is 79.9 cm³/mol. The van der Waals surface area contributed by atoms with Gasteiger partial charge in [-0.3, -0.25) is 9.88 Å². The maximum absolute atomic E-state index is 5.97. The Kier molecular flexibility index (Phi) is 5.34. The Hall–Kier alpha value is -0.930. The topological polar surface area (TPSA) is 42.2 Å². The summed E-state index contributed by atoms with van der Waals surface area (Å²) in [6.07, 6.45) is 7.18. The molecular weight excluding hydrogens is 234 g/mol. The summed E-state index contributed by atoms with van der Waals surface area (Å²) in [5, 5.41) is 0. The molecule has 1 heterocycles. The fourth-order valence-electron chi connectivity index (χ4n) is 3.28. The van der Waals surface area contributed by atoms with Gasteiger partial charge in [0, 0.05) is 18.8 Å². The number of nitrogens with two attached hydrogens (primary N) is 1. The van der Waals surface area contributed by atoms with Crippen molar-refractivity contribution in [2.45, 2.75) is 52.1 Å². The Morgan fingerprint density at radius 3 is 2.84 bits per heavy atom. The van der Waals surface area contributed by atoms with Crippen molar-refractivity contribution >= 4 is 0 Å². The lowest BCUT2D eigenvalue weighted by molar-refractivity contribution is 0.104. The van der Waals surface area contributed by atoms with E-state index in [1.54, 1.807) is 0 Å². The average molecular weight is 261 g/mol. The monoisotopic (exact) mass is 261 g/mol. The normalized spacial score (nSPS) is 23.8. The van der Waals surface area contributed by atoms with Gasteiger partial charge in [-0.1, -0.05) is 25.8 Å². The van der Waals surface area contributed by atoms with E-state index in [1.165, 1.54) is 36.9 Å². The quantitative estimate of drug-likeness (QED) is 0.886. The van der Waals surface area contributed by atoms with Crippen LogP contribution in [0.2, 0.25) is 0 Å². The van der Waals surface area contributed by atoms with Crippen molar-refractivity contribution in [1.82, 2.24) is 9.88 Å². The lowest BCUT2D eigenvalue weighted by atomic mass is 9.83. The van der Waals surface area contributed by atoms with Crippen molar-refractivity contribution in [2.24, 2.45) is 11.7 Å². The average Bonchev–Trinajstić information content (AvgIpc) is 2.46. The molecule has 1 aliphatic carbocycles. The molecule has 0 aliphatic heterocycles. The van der Waals surface area contributed by atoms with Gasteiger partial charge in [0.25, 0.3) is 0 Å². The van der Waals surface area contributed by atoms with E-state index >= 15 is 0 Å². The fraction of sp³-hybridized carbons (Fsp3) is 0.688. The molecule has 1 aromatic heterocycles. The molecule has 2 unspecified atom stereocenters. The predicted octanol–water partition coefficient (Wildman–Crippen LogP) is 2.73. The molecule has 1 aromatic rings. The minimum absolute atomic E-state index is 0.644. The first-order valence-corrected chi connectivity index (χ1v) is 7.60. The van der Waals surface area contributed by atoms with E-state index in [1.807, 2.05) is 12.3 Å². The minimum atomic E-state index is 0.644. The molecule has 1 fully saturated rings. The van der Waals surface area contributed by atoms with Gasteiger partial charge >= 0.3 is 0 Å². The molecule has 0 amide bonds. The third kappa shape index (κ3) is 3.54. The highest BCUT2D eigenvalue weighted by Gasteiger charge is 2.28. The van der Waals surface area contributed by atoms with Crippen LogP contribution in [0.4, 0.5) is 0 Å². The SMILES string of the molecule is CCN(Cc1ncccc1C)C1CCCCC1CN. The maximum Gasteiger partial charge on any atom is 0.0573 e. The van der Waals surface area contributed by atoms with Crippen LogP contribution in [0.1, 0.15) is 43.9 Å². The summed E-state index contributed by atoms with van der Waals surface area (Å²) in [4.78, 5) is 7.11. The van der Waals surface area contributed by atoms with Crippen molar-refractivity contribution in [3.8, 4) is 0 Å². The molecule has 1 saturated carbocycles. The van der Waals surface area contributed by atoms with Gasteiger partial charge in [-0.2, -0.15) is 0 Å². The van der Waals surface area contributed by atoms with Crippen LogP contribution in [0, 0.1) is 12.8 Å². The van der Waals surface area contributed by atoms with Gasteiger partial charge in [-0.15, -0.1) is 0 Å². The molecule has 0 saturated heterocycles. The second-order valence-electron chi connectivity index (χ2n) is 5.68. The lowest BCUT2D eigenvalue weighted by Gasteiger charge is -2.39. The summed E-state index contributed by atoms with van der Waals surface area (Å²) in [7, 11) is 0. The Labute approximate surface area is 117 Å². The molecule has 0 spiro atoms. The highest BCUT2D eigenvalue weighted by molar-refractivity contribution is 5.17. The third-order valence-corrected chi connectivity index (χ3v) is 4.52. The Morgan fingerprint density at radius 1 is 1.37 bits per heavy atom. The van der Waals surface area contributed by atoms with Gasteiger partial charge < -0.3 is 5.73 Å². The van der Waals surface area contributed by atoms with E-state index in [0.717, 1.165) is 19.6 Å². The van der Waals surface area contributed by atoms with Crippen LogP contribution >= 0.6 is 0 Å². The third-order valence-electron chi connectivity index (χ3n) is 4.52. The van der Waals surface area contributed by atoms with Crippen LogP contribution in [0.5, 0.6) is 0 Å². The molecule has 106 valence electrons. The smallest absolute Gasteiger partial charge is 0.0573 e. The van der Waals surface area contributed by atoms with Crippen LogP contribution in [0.3, 0.4) is 0 Å². The van der Waals surface area contributed by atoms with Gasteiger partial charge in [0.15, 0.2) is 0 Å². The fourth-order valence-corrected chi connectivity index (χ4v) is 3.28. The minimum Gasteiger partial charge on any atom is -0.330 e. The number of rotatable bonds is 5. The number of aryl methyl sites for hydroxylation is 1. The maximum atomic E-state index is 5.97. The number of nitrogens with zero attached hydrogens (tertiary/aromatic N) is 2. The zero-order valence-electron chi connectivity index (χ0n) is 12.3. The summed E-state index contributed by atoms with van der Waals surface area (Å²) >= 11 is 0. The number of aromatic nitrogens is 1. The molecule has 3 heteroatoms. The second kappa shape index (κ2) is 7.01. The number of hydrogen-bond acceptors (Lipinski definition) is 3. The molecule has 2 rings (SSSR count). The van der Waals surface area contributed by atoms with Gasteiger partial charge in [0.05, 0.1) is 5.69 Å². The number of pyridine rings is 1. The highest BCUT2D eigenvalue weighted by Crippen LogP contribution is 2.28. The highest BCUT2D eigenvalue weighted by atomic mass is 15.2. The van der Waals surface area contributed by atoms with Gasteiger partial charge in [-0.05, 0) is 50.4 Å². The van der Waals surface area contributed by atoms with Crippen LogP contribution in [0.25, 0.3) is 0 Å². The largest absolute Gasteiger partial charge is 0.330 e. The molecule has 0 radical (unpaired) electrons. The van der Waals surface area contributed by atoms with Crippen molar-refractivity contribution in [3.63, 3.8) is 0 Å². The molecular formula is C16H27N3. The van der Waals surface area contributed by atoms with Crippen molar-refractivity contribution in [2.75, 3.05) is 13.1 Å². The first-order valence-electron chi connectivity index (χ1n) is 7.60. The Bertz CT molecular complexity index is 391. The summed E-state index contributed by atoms with van der Waals surface area (Å²) in [6, 6.07) is 4.81. The first-order chi connectivity index (χ1) is 9.26. The van der Waals surface area contributed by atoms with Crippen molar-refractivity contribution in [1.29, 1.82) is 0 Å². The van der Waals surface area contributed by atoms with E-state index in [-0.39, 0.29) is 0 Å².